The molecule has 1 aliphatic carbocycles. The van der Waals surface area contributed by atoms with Crippen LogP contribution in [0.15, 0.2) is 10.5 Å². The highest BCUT2D eigenvalue weighted by Crippen LogP contribution is 2.25. The third-order valence-corrected chi connectivity index (χ3v) is 3.91. The maximum Gasteiger partial charge on any atom is 0.118 e. The Bertz CT molecular complexity index is 367. The molecule has 0 radical (unpaired) electrons. The van der Waals surface area contributed by atoms with Crippen LogP contribution in [0.2, 0.25) is 0 Å². The van der Waals surface area contributed by atoms with E-state index in [1.165, 1.54) is 37.8 Å². The molecule has 0 saturated heterocycles. The first-order chi connectivity index (χ1) is 8.69. The van der Waals surface area contributed by atoms with Crippen LogP contribution in [-0.2, 0) is 13.1 Å². The van der Waals surface area contributed by atoms with Crippen molar-refractivity contribution in [2.75, 3.05) is 20.6 Å². The van der Waals surface area contributed by atoms with Gasteiger partial charge in [0, 0.05) is 18.7 Å². The van der Waals surface area contributed by atoms with Crippen LogP contribution in [0.3, 0.4) is 0 Å². The SMILES string of the molecule is CNCc1cc(CN(C)CC2CCCC2)oc1C. The van der Waals surface area contributed by atoms with E-state index in [1.54, 1.807) is 0 Å². The van der Waals surface area contributed by atoms with E-state index in [0.717, 1.165) is 30.5 Å². The van der Waals surface area contributed by atoms with Crippen molar-refractivity contribution in [3.63, 3.8) is 0 Å². The molecule has 0 aliphatic heterocycles. The molecule has 0 amide bonds. The minimum atomic E-state index is 0.891. The molecule has 1 saturated carbocycles. The zero-order chi connectivity index (χ0) is 13.0. The molecule has 0 unspecified atom stereocenters. The summed E-state index contributed by atoms with van der Waals surface area (Å²) in [6.45, 7) is 5.08. The second-order valence-electron chi connectivity index (χ2n) is 5.67. The molecule has 3 heteroatoms. The summed E-state index contributed by atoms with van der Waals surface area (Å²) in [4.78, 5) is 2.40. The third kappa shape index (κ3) is 3.59. The number of aryl methyl sites for hydroxylation is 1. The van der Waals surface area contributed by atoms with E-state index >= 15 is 0 Å². The van der Waals surface area contributed by atoms with E-state index in [4.69, 9.17) is 4.42 Å². The molecule has 1 N–H and O–H groups in total. The van der Waals surface area contributed by atoms with Crippen molar-refractivity contribution >= 4 is 0 Å². The maximum absolute atomic E-state index is 5.82. The van der Waals surface area contributed by atoms with Crippen LogP contribution in [0.25, 0.3) is 0 Å². The van der Waals surface area contributed by atoms with Crippen molar-refractivity contribution in [2.24, 2.45) is 5.92 Å². The Kier molecular flexibility index (Phi) is 4.84. The molecule has 1 aromatic rings. The molecule has 1 heterocycles. The second-order valence-corrected chi connectivity index (χ2v) is 5.67. The smallest absolute Gasteiger partial charge is 0.118 e. The lowest BCUT2D eigenvalue weighted by Crippen LogP contribution is -2.23. The summed E-state index contributed by atoms with van der Waals surface area (Å²) in [5, 5.41) is 3.18. The van der Waals surface area contributed by atoms with Crippen molar-refractivity contribution in [1.82, 2.24) is 10.2 Å². The van der Waals surface area contributed by atoms with Gasteiger partial charge in [0.2, 0.25) is 0 Å². The van der Waals surface area contributed by atoms with Crippen LogP contribution in [0.4, 0.5) is 0 Å². The normalized spacial score (nSPS) is 16.9. The second kappa shape index (κ2) is 6.39. The average Bonchev–Trinajstić information content (AvgIpc) is 2.90. The predicted octanol–water partition coefficient (Wildman–Crippen LogP) is 2.93. The fraction of sp³-hybridized carbons (Fsp3) is 0.733. The summed E-state index contributed by atoms with van der Waals surface area (Å²) in [5.41, 5.74) is 1.28. The topological polar surface area (TPSA) is 28.4 Å². The Morgan fingerprint density at radius 2 is 2.11 bits per heavy atom. The summed E-state index contributed by atoms with van der Waals surface area (Å²) >= 11 is 0. The van der Waals surface area contributed by atoms with Gasteiger partial charge in [-0.3, -0.25) is 4.90 Å². The van der Waals surface area contributed by atoms with Crippen molar-refractivity contribution in [1.29, 1.82) is 0 Å². The van der Waals surface area contributed by atoms with Gasteiger partial charge in [-0.25, -0.2) is 0 Å². The number of nitrogens with zero attached hydrogens (tertiary/aromatic N) is 1. The van der Waals surface area contributed by atoms with Crippen LogP contribution in [0.1, 0.15) is 42.8 Å². The van der Waals surface area contributed by atoms with Crippen LogP contribution in [0.5, 0.6) is 0 Å². The fourth-order valence-corrected chi connectivity index (χ4v) is 3.00. The fourth-order valence-electron chi connectivity index (χ4n) is 3.00. The Labute approximate surface area is 111 Å². The van der Waals surface area contributed by atoms with Crippen LogP contribution < -0.4 is 5.32 Å². The summed E-state index contributed by atoms with van der Waals surface area (Å²) in [6.07, 6.45) is 5.66. The van der Waals surface area contributed by atoms with Gasteiger partial charge in [0.05, 0.1) is 6.54 Å². The summed E-state index contributed by atoms with van der Waals surface area (Å²) in [6, 6.07) is 2.19. The molecule has 1 aliphatic rings. The minimum absolute atomic E-state index is 0.891. The van der Waals surface area contributed by atoms with Gasteiger partial charge in [-0.2, -0.15) is 0 Å². The lowest BCUT2D eigenvalue weighted by atomic mass is 10.1. The standard InChI is InChI=1S/C15H26N2O/c1-12-14(9-16-2)8-15(18-12)11-17(3)10-13-6-4-5-7-13/h8,13,16H,4-7,9-11H2,1-3H3. The summed E-state index contributed by atoms with van der Waals surface area (Å²) < 4.78 is 5.82. The quantitative estimate of drug-likeness (QED) is 0.841. The van der Waals surface area contributed by atoms with E-state index in [9.17, 15) is 0 Å². The first kappa shape index (κ1) is 13.6. The first-order valence-corrected chi connectivity index (χ1v) is 7.10. The number of nitrogens with one attached hydrogen (secondary N) is 1. The highest BCUT2D eigenvalue weighted by Gasteiger charge is 2.17. The maximum atomic E-state index is 5.82. The lowest BCUT2D eigenvalue weighted by Gasteiger charge is -2.19. The number of rotatable bonds is 6. The van der Waals surface area contributed by atoms with Gasteiger partial charge < -0.3 is 9.73 Å². The van der Waals surface area contributed by atoms with E-state index < -0.39 is 0 Å². The van der Waals surface area contributed by atoms with Gasteiger partial charge in [-0.1, -0.05) is 12.8 Å². The molecule has 1 fully saturated rings. The molecule has 0 atom stereocenters. The lowest BCUT2D eigenvalue weighted by molar-refractivity contribution is 0.249. The first-order valence-electron chi connectivity index (χ1n) is 7.10. The number of hydrogen-bond donors (Lipinski definition) is 1. The van der Waals surface area contributed by atoms with Crippen molar-refractivity contribution in [2.45, 2.75) is 45.7 Å². The minimum Gasteiger partial charge on any atom is -0.465 e. The molecule has 3 nitrogen and oxygen atoms in total. The molecule has 0 aromatic carbocycles. The zero-order valence-electron chi connectivity index (χ0n) is 12.0. The van der Waals surface area contributed by atoms with E-state index in [-0.39, 0.29) is 0 Å². The number of hydrogen-bond acceptors (Lipinski definition) is 3. The third-order valence-electron chi connectivity index (χ3n) is 3.91. The monoisotopic (exact) mass is 250 g/mol. The summed E-state index contributed by atoms with van der Waals surface area (Å²) in [5.74, 6) is 3.05. The molecule has 0 spiro atoms. The van der Waals surface area contributed by atoms with Crippen LogP contribution in [0, 0.1) is 12.8 Å². The van der Waals surface area contributed by atoms with E-state index in [1.807, 2.05) is 14.0 Å². The zero-order valence-corrected chi connectivity index (χ0v) is 12.0. The number of furan rings is 1. The Hall–Kier alpha value is -0.800. The molecule has 18 heavy (non-hydrogen) atoms. The molecule has 0 bridgehead atoms. The Morgan fingerprint density at radius 3 is 2.78 bits per heavy atom. The molecule has 1 aromatic heterocycles. The van der Waals surface area contributed by atoms with Gasteiger partial charge in [0.15, 0.2) is 0 Å². The summed E-state index contributed by atoms with van der Waals surface area (Å²) in [7, 11) is 4.17. The average molecular weight is 250 g/mol. The van der Waals surface area contributed by atoms with Crippen molar-refractivity contribution in [3.8, 4) is 0 Å². The highest BCUT2D eigenvalue weighted by atomic mass is 16.3. The van der Waals surface area contributed by atoms with Gasteiger partial charge in [-0.05, 0) is 45.8 Å². The predicted molar refractivity (Wildman–Crippen MR) is 74.5 cm³/mol. The molecular weight excluding hydrogens is 224 g/mol. The van der Waals surface area contributed by atoms with Gasteiger partial charge >= 0.3 is 0 Å². The van der Waals surface area contributed by atoms with Crippen LogP contribution >= 0.6 is 0 Å². The Morgan fingerprint density at radius 1 is 1.39 bits per heavy atom. The van der Waals surface area contributed by atoms with Gasteiger partial charge in [-0.15, -0.1) is 0 Å². The van der Waals surface area contributed by atoms with Crippen molar-refractivity contribution < 1.29 is 4.42 Å². The van der Waals surface area contributed by atoms with Crippen molar-refractivity contribution in [3.05, 3.63) is 23.2 Å². The largest absolute Gasteiger partial charge is 0.465 e. The van der Waals surface area contributed by atoms with E-state index in [0.29, 0.717) is 0 Å². The van der Waals surface area contributed by atoms with Gasteiger partial charge in [0.1, 0.15) is 11.5 Å². The van der Waals surface area contributed by atoms with Gasteiger partial charge in [0.25, 0.3) is 0 Å². The van der Waals surface area contributed by atoms with E-state index in [2.05, 4.69) is 23.3 Å². The molecule has 2 rings (SSSR count). The molecular formula is C15H26N2O. The molecule has 102 valence electrons. The Balaban J connectivity index is 1.85. The van der Waals surface area contributed by atoms with Crippen LogP contribution in [-0.4, -0.2) is 25.5 Å². The highest BCUT2D eigenvalue weighted by molar-refractivity contribution is 5.20.